The molecule has 0 radical (unpaired) electrons. The molecule has 0 fully saturated rings. The third kappa shape index (κ3) is 3.88. The molecule has 1 aromatic heterocycles. The molecule has 2 rings (SSSR count). The van der Waals surface area contributed by atoms with E-state index in [1.54, 1.807) is 12.3 Å². The van der Waals surface area contributed by atoms with Crippen molar-refractivity contribution in [3.63, 3.8) is 0 Å². The SMILES string of the molecule is CC(C)COCCNc1ccnc2c([N+](=O)[O-])cccc12. The number of pyridine rings is 1. The van der Waals surface area contributed by atoms with E-state index in [9.17, 15) is 10.1 Å². The molecule has 0 atom stereocenters. The van der Waals surface area contributed by atoms with Crippen LogP contribution in [0.3, 0.4) is 0 Å². The number of nitrogens with zero attached hydrogens (tertiary/aromatic N) is 2. The molecule has 0 bridgehead atoms. The minimum Gasteiger partial charge on any atom is -0.382 e. The molecule has 0 aliphatic rings. The monoisotopic (exact) mass is 289 g/mol. The smallest absolute Gasteiger partial charge is 0.295 e. The van der Waals surface area contributed by atoms with Gasteiger partial charge in [-0.15, -0.1) is 0 Å². The average molecular weight is 289 g/mol. The molecule has 0 saturated carbocycles. The standard InChI is InChI=1S/C15H19N3O3/c1-11(2)10-21-9-8-16-13-6-7-17-15-12(13)4-3-5-14(15)18(19)20/h3-7,11H,8-10H2,1-2H3,(H,16,17). The highest BCUT2D eigenvalue weighted by molar-refractivity contribution is 5.96. The second kappa shape index (κ2) is 6.99. The quantitative estimate of drug-likeness (QED) is 0.481. The third-order valence-electron chi connectivity index (χ3n) is 2.96. The Morgan fingerprint density at radius 1 is 1.38 bits per heavy atom. The van der Waals surface area contributed by atoms with Crippen molar-refractivity contribution in [2.75, 3.05) is 25.1 Å². The summed E-state index contributed by atoms with van der Waals surface area (Å²) in [4.78, 5) is 14.7. The van der Waals surface area contributed by atoms with Crippen molar-refractivity contribution in [3.8, 4) is 0 Å². The highest BCUT2D eigenvalue weighted by Gasteiger charge is 2.14. The largest absolute Gasteiger partial charge is 0.382 e. The Balaban J connectivity index is 2.10. The highest BCUT2D eigenvalue weighted by atomic mass is 16.6. The second-order valence-electron chi connectivity index (χ2n) is 5.18. The molecule has 0 aliphatic heterocycles. The van der Waals surface area contributed by atoms with Gasteiger partial charge < -0.3 is 10.1 Å². The van der Waals surface area contributed by atoms with Gasteiger partial charge in [-0.05, 0) is 12.0 Å². The Morgan fingerprint density at radius 2 is 2.19 bits per heavy atom. The Bertz CT molecular complexity index is 629. The van der Waals surface area contributed by atoms with Crippen molar-refractivity contribution < 1.29 is 9.66 Å². The summed E-state index contributed by atoms with van der Waals surface area (Å²) < 4.78 is 5.50. The number of ether oxygens (including phenoxy) is 1. The normalized spacial score (nSPS) is 11.0. The van der Waals surface area contributed by atoms with Crippen LogP contribution in [0.25, 0.3) is 10.9 Å². The number of benzene rings is 1. The summed E-state index contributed by atoms with van der Waals surface area (Å²) in [5, 5.41) is 15.0. The fourth-order valence-corrected chi connectivity index (χ4v) is 2.04. The van der Waals surface area contributed by atoms with Crippen LogP contribution in [0.2, 0.25) is 0 Å². The lowest BCUT2D eigenvalue weighted by Crippen LogP contribution is -2.12. The van der Waals surface area contributed by atoms with Crippen LogP contribution < -0.4 is 5.32 Å². The summed E-state index contributed by atoms with van der Waals surface area (Å²) in [7, 11) is 0. The lowest BCUT2D eigenvalue weighted by molar-refractivity contribution is -0.383. The van der Waals surface area contributed by atoms with Gasteiger partial charge in [-0.3, -0.25) is 10.1 Å². The first-order valence-corrected chi connectivity index (χ1v) is 6.93. The van der Waals surface area contributed by atoms with E-state index in [2.05, 4.69) is 24.1 Å². The number of nitrogens with one attached hydrogen (secondary N) is 1. The molecule has 0 spiro atoms. The summed E-state index contributed by atoms with van der Waals surface area (Å²) in [6, 6.07) is 6.77. The van der Waals surface area contributed by atoms with E-state index in [-0.39, 0.29) is 5.69 Å². The number of nitro benzene ring substituents is 1. The molecular formula is C15H19N3O3. The van der Waals surface area contributed by atoms with Crippen LogP contribution in [0.15, 0.2) is 30.5 Å². The Labute approximate surface area is 123 Å². The number of fused-ring (bicyclic) bond motifs is 1. The summed E-state index contributed by atoms with van der Waals surface area (Å²) in [5.41, 5.74) is 1.25. The first-order valence-electron chi connectivity index (χ1n) is 6.93. The molecule has 6 heteroatoms. The predicted molar refractivity (Wildman–Crippen MR) is 82.5 cm³/mol. The summed E-state index contributed by atoms with van der Waals surface area (Å²) in [6.07, 6.45) is 1.58. The van der Waals surface area contributed by atoms with Crippen LogP contribution in [0.5, 0.6) is 0 Å². The predicted octanol–water partition coefficient (Wildman–Crippen LogP) is 3.23. The van der Waals surface area contributed by atoms with E-state index in [0.717, 1.165) is 17.7 Å². The van der Waals surface area contributed by atoms with Gasteiger partial charge >= 0.3 is 0 Å². The highest BCUT2D eigenvalue weighted by Crippen LogP contribution is 2.28. The molecule has 0 aliphatic carbocycles. The maximum Gasteiger partial charge on any atom is 0.295 e. The van der Waals surface area contributed by atoms with E-state index in [1.165, 1.54) is 6.07 Å². The van der Waals surface area contributed by atoms with Crippen LogP contribution in [0, 0.1) is 16.0 Å². The summed E-state index contributed by atoms with van der Waals surface area (Å²) in [5.74, 6) is 0.509. The maximum absolute atomic E-state index is 11.0. The average Bonchev–Trinajstić information content (AvgIpc) is 2.46. The fourth-order valence-electron chi connectivity index (χ4n) is 2.04. The maximum atomic E-state index is 11.0. The molecule has 0 unspecified atom stereocenters. The van der Waals surface area contributed by atoms with E-state index in [4.69, 9.17) is 4.74 Å². The number of anilines is 1. The van der Waals surface area contributed by atoms with Crippen LogP contribution in [0.1, 0.15) is 13.8 Å². The van der Waals surface area contributed by atoms with E-state index in [1.807, 2.05) is 12.1 Å². The van der Waals surface area contributed by atoms with Crippen LogP contribution in [-0.2, 0) is 4.74 Å². The van der Waals surface area contributed by atoms with Gasteiger partial charge in [0.1, 0.15) is 5.52 Å². The second-order valence-corrected chi connectivity index (χ2v) is 5.18. The fraction of sp³-hybridized carbons (Fsp3) is 0.400. The van der Waals surface area contributed by atoms with Crippen LogP contribution in [-0.4, -0.2) is 29.7 Å². The number of aromatic nitrogens is 1. The topological polar surface area (TPSA) is 77.3 Å². The van der Waals surface area contributed by atoms with Gasteiger partial charge in [0.25, 0.3) is 5.69 Å². The number of para-hydroxylation sites is 1. The van der Waals surface area contributed by atoms with Crippen molar-refractivity contribution in [2.45, 2.75) is 13.8 Å². The van der Waals surface area contributed by atoms with E-state index < -0.39 is 4.92 Å². The van der Waals surface area contributed by atoms with Gasteiger partial charge in [0, 0.05) is 36.5 Å². The molecule has 1 aromatic carbocycles. The Kier molecular flexibility index (Phi) is 5.05. The van der Waals surface area contributed by atoms with E-state index in [0.29, 0.717) is 24.6 Å². The number of nitro groups is 1. The molecule has 112 valence electrons. The van der Waals surface area contributed by atoms with Crippen molar-refractivity contribution in [2.24, 2.45) is 5.92 Å². The van der Waals surface area contributed by atoms with E-state index >= 15 is 0 Å². The number of non-ortho nitro benzene ring substituents is 1. The lowest BCUT2D eigenvalue weighted by Gasteiger charge is -2.10. The zero-order chi connectivity index (χ0) is 15.2. The van der Waals surface area contributed by atoms with Gasteiger partial charge in [0.2, 0.25) is 0 Å². The van der Waals surface area contributed by atoms with Gasteiger partial charge in [0.05, 0.1) is 11.5 Å². The van der Waals surface area contributed by atoms with Gasteiger partial charge in [0.15, 0.2) is 0 Å². The number of hydrogen-bond acceptors (Lipinski definition) is 5. The third-order valence-corrected chi connectivity index (χ3v) is 2.96. The lowest BCUT2D eigenvalue weighted by atomic mass is 10.1. The molecule has 2 aromatic rings. The van der Waals surface area contributed by atoms with Gasteiger partial charge in [-0.1, -0.05) is 26.0 Å². The molecule has 21 heavy (non-hydrogen) atoms. The van der Waals surface area contributed by atoms with Crippen molar-refractivity contribution in [1.29, 1.82) is 0 Å². The van der Waals surface area contributed by atoms with Crippen LogP contribution in [0.4, 0.5) is 11.4 Å². The molecular weight excluding hydrogens is 270 g/mol. The minimum absolute atomic E-state index is 0.0206. The summed E-state index contributed by atoms with van der Waals surface area (Å²) >= 11 is 0. The first-order chi connectivity index (χ1) is 10.1. The molecule has 0 saturated heterocycles. The molecule has 6 nitrogen and oxygen atoms in total. The Morgan fingerprint density at radius 3 is 2.90 bits per heavy atom. The molecule has 1 N–H and O–H groups in total. The van der Waals surface area contributed by atoms with Crippen molar-refractivity contribution >= 4 is 22.3 Å². The first kappa shape index (κ1) is 15.2. The minimum atomic E-state index is -0.412. The van der Waals surface area contributed by atoms with Gasteiger partial charge in [-0.2, -0.15) is 0 Å². The van der Waals surface area contributed by atoms with Crippen molar-refractivity contribution in [1.82, 2.24) is 4.98 Å². The summed E-state index contributed by atoms with van der Waals surface area (Å²) in [6.45, 7) is 6.17. The van der Waals surface area contributed by atoms with Crippen LogP contribution >= 0.6 is 0 Å². The molecule has 0 amide bonds. The molecule has 1 heterocycles. The zero-order valence-corrected chi connectivity index (χ0v) is 12.2. The van der Waals surface area contributed by atoms with Crippen molar-refractivity contribution in [3.05, 3.63) is 40.6 Å². The number of rotatable bonds is 7. The zero-order valence-electron chi connectivity index (χ0n) is 12.2. The number of hydrogen-bond donors (Lipinski definition) is 1. The Hall–Kier alpha value is -2.21. The van der Waals surface area contributed by atoms with Gasteiger partial charge in [-0.25, -0.2) is 4.98 Å².